The van der Waals surface area contributed by atoms with E-state index in [1.165, 1.54) is 6.08 Å². The second-order valence-corrected chi connectivity index (χ2v) is 6.35. The molecule has 20 heavy (non-hydrogen) atoms. The minimum Gasteiger partial charge on any atom is -0.393 e. The first-order valence-electron chi connectivity index (χ1n) is 7.18. The predicted octanol–water partition coefficient (Wildman–Crippen LogP) is 3.23. The van der Waals surface area contributed by atoms with Crippen LogP contribution in [0.2, 0.25) is 0 Å². The average Bonchev–Trinajstić information content (AvgIpc) is 2.42. The number of unbranched alkanes of at least 4 members (excludes halogenated alkanes) is 2. The van der Waals surface area contributed by atoms with Crippen LogP contribution in [0.4, 0.5) is 0 Å². The van der Waals surface area contributed by atoms with E-state index in [2.05, 4.69) is 12.7 Å². The molecule has 118 valence electrons. The molecule has 2 N–H and O–H groups in total. The van der Waals surface area contributed by atoms with Crippen LogP contribution in [0.5, 0.6) is 0 Å². The molecule has 0 amide bonds. The number of aliphatic hydroxyl groups is 2. The van der Waals surface area contributed by atoms with Crippen molar-refractivity contribution < 1.29 is 23.8 Å². The first-order chi connectivity index (χ1) is 9.53. The third-order valence-electron chi connectivity index (χ3n) is 2.58. The summed E-state index contributed by atoms with van der Waals surface area (Å²) >= 11 is 0. The maximum absolute atomic E-state index is 12.7. The highest BCUT2D eigenvalue weighted by Crippen LogP contribution is 2.57. The Hall–Kier alpha value is -0.410. The Kier molecular flexibility index (Phi) is 11.0. The van der Waals surface area contributed by atoms with Gasteiger partial charge in [0.1, 0.15) is 6.10 Å². The highest BCUT2D eigenvalue weighted by atomic mass is 31.2. The summed E-state index contributed by atoms with van der Waals surface area (Å²) in [4.78, 5) is 0. The van der Waals surface area contributed by atoms with Crippen molar-refractivity contribution in [2.45, 2.75) is 52.6 Å². The highest BCUT2D eigenvalue weighted by Gasteiger charge is 2.29. The molecule has 0 spiro atoms. The van der Waals surface area contributed by atoms with Crippen LogP contribution in [0, 0.1) is 0 Å². The Morgan fingerprint density at radius 2 is 1.85 bits per heavy atom. The Bertz CT molecular complexity index is 351. The monoisotopic (exact) mass is 306 g/mol. The lowest BCUT2D eigenvalue weighted by molar-refractivity contribution is 0.131. The molecule has 1 unspecified atom stereocenters. The van der Waals surface area contributed by atoms with Crippen LogP contribution in [0.1, 0.15) is 46.5 Å². The van der Waals surface area contributed by atoms with Crippen molar-refractivity contribution >= 4 is 7.60 Å². The van der Waals surface area contributed by atoms with E-state index in [-0.39, 0.29) is 13.2 Å². The molecule has 0 saturated carbocycles. The van der Waals surface area contributed by atoms with Crippen molar-refractivity contribution in [3.63, 3.8) is 0 Å². The van der Waals surface area contributed by atoms with Gasteiger partial charge in [0.2, 0.25) is 0 Å². The fraction of sp³-hybridized carbons (Fsp3) is 0.786. The molecule has 0 radical (unpaired) electrons. The van der Waals surface area contributed by atoms with Gasteiger partial charge in [-0.05, 0) is 32.8 Å². The summed E-state index contributed by atoms with van der Waals surface area (Å²) in [6, 6.07) is 0. The van der Waals surface area contributed by atoms with Crippen LogP contribution in [0.3, 0.4) is 0 Å². The summed E-state index contributed by atoms with van der Waals surface area (Å²) in [6.45, 7) is 5.74. The van der Waals surface area contributed by atoms with Gasteiger partial charge < -0.3 is 19.3 Å². The third-order valence-corrected chi connectivity index (χ3v) is 4.79. The molecular weight excluding hydrogens is 279 g/mol. The molecule has 1 atom stereocenters. The normalized spacial score (nSPS) is 12.8. The highest BCUT2D eigenvalue weighted by molar-refractivity contribution is 7.58. The smallest absolute Gasteiger partial charge is 0.364 e. The molecular formula is C14H27O5P. The maximum Gasteiger partial charge on any atom is 0.364 e. The fourth-order valence-corrected chi connectivity index (χ4v) is 3.34. The minimum absolute atomic E-state index is 0.277. The molecule has 0 aliphatic rings. The molecule has 0 aliphatic heterocycles. The number of aliphatic hydroxyl groups excluding tert-OH is 2. The molecule has 0 saturated heterocycles. The Labute approximate surface area is 121 Å². The van der Waals surface area contributed by atoms with Gasteiger partial charge in [-0.3, -0.25) is 4.57 Å². The summed E-state index contributed by atoms with van der Waals surface area (Å²) in [6.07, 6.45) is 3.72. The largest absolute Gasteiger partial charge is 0.393 e. The van der Waals surface area contributed by atoms with Crippen molar-refractivity contribution in [1.29, 1.82) is 0 Å². The summed E-state index contributed by atoms with van der Waals surface area (Å²) in [5.74, 6) is 0. The molecule has 0 rings (SSSR count). The van der Waals surface area contributed by atoms with Gasteiger partial charge in [-0.2, -0.15) is 0 Å². The van der Waals surface area contributed by atoms with E-state index in [1.54, 1.807) is 13.8 Å². The van der Waals surface area contributed by atoms with E-state index < -0.39 is 20.3 Å². The van der Waals surface area contributed by atoms with E-state index in [0.717, 1.165) is 19.3 Å². The molecule has 0 aromatic rings. The first kappa shape index (κ1) is 19.6. The average molecular weight is 306 g/mol. The third kappa shape index (κ3) is 7.39. The van der Waals surface area contributed by atoms with Gasteiger partial charge in [-0.1, -0.05) is 19.8 Å². The van der Waals surface area contributed by atoms with Gasteiger partial charge in [0.05, 0.1) is 25.1 Å². The van der Waals surface area contributed by atoms with E-state index in [1.807, 2.05) is 0 Å². The van der Waals surface area contributed by atoms with Gasteiger partial charge in [0.15, 0.2) is 0 Å². The molecule has 6 heteroatoms. The lowest BCUT2D eigenvalue weighted by Crippen LogP contribution is -2.07. The molecule has 0 aliphatic carbocycles. The van der Waals surface area contributed by atoms with Crippen LogP contribution in [0.25, 0.3) is 0 Å². The fourth-order valence-electron chi connectivity index (χ4n) is 1.61. The van der Waals surface area contributed by atoms with Crippen molar-refractivity contribution in [1.82, 2.24) is 0 Å². The standard InChI is InChI=1S/C14H27O5P/c1-4-7-8-9-14(11-10-13(16)12-15)20(17,18-5-2)19-6-3/h10,13,15-16H,4-9,12H2,1-3H3. The topological polar surface area (TPSA) is 76.0 Å². The van der Waals surface area contributed by atoms with Crippen molar-refractivity contribution in [3.8, 4) is 0 Å². The van der Waals surface area contributed by atoms with Crippen LogP contribution >= 0.6 is 7.60 Å². The van der Waals surface area contributed by atoms with E-state index in [4.69, 9.17) is 14.2 Å². The van der Waals surface area contributed by atoms with Gasteiger partial charge in [-0.15, -0.1) is 5.73 Å². The van der Waals surface area contributed by atoms with Gasteiger partial charge in [0, 0.05) is 0 Å². The van der Waals surface area contributed by atoms with Crippen LogP contribution in [0.15, 0.2) is 17.1 Å². The van der Waals surface area contributed by atoms with Gasteiger partial charge in [0.25, 0.3) is 0 Å². The van der Waals surface area contributed by atoms with Crippen molar-refractivity contribution in [3.05, 3.63) is 17.1 Å². The summed E-state index contributed by atoms with van der Waals surface area (Å²) in [7, 11) is -3.35. The molecule has 0 aromatic heterocycles. The number of rotatable bonds is 11. The molecule has 5 nitrogen and oxygen atoms in total. The van der Waals surface area contributed by atoms with Crippen LogP contribution in [-0.4, -0.2) is 36.1 Å². The summed E-state index contributed by atoms with van der Waals surface area (Å²) in [5.41, 5.74) is 2.81. The van der Waals surface area contributed by atoms with Gasteiger partial charge in [-0.25, -0.2) is 0 Å². The zero-order chi connectivity index (χ0) is 15.4. The zero-order valence-electron chi connectivity index (χ0n) is 12.7. The Morgan fingerprint density at radius 3 is 2.30 bits per heavy atom. The lowest BCUT2D eigenvalue weighted by Gasteiger charge is -2.18. The second-order valence-electron chi connectivity index (χ2n) is 4.30. The van der Waals surface area contributed by atoms with Crippen molar-refractivity contribution in [2.75, 3.05) is 19.8 Å². The van der Waals surface area contributed by atoms with E-state index in [0.29, 0.717) is 11.7 Å². The zero-order valence-corrected chi connectivity index (χ0v) is 13.6. The predicted molar refractivity (Wildman–Crippen MR) is 79.7 cm³/mol. The number of hydrogen-bond acceptors (Lipinski definition) is 5. The second kappa shape index (κ2) is 11.3. The molecule has 0 bridgehead atoms. The molecule has 0 heterocycles. The van der Waals surface area contributed by atoms with Crippen LogP contribution in [-0.2, 0) is 13.6 Å². The Balaban J connectivity index is 5.24. The Morgan fingerprint density at radius 1 is 1.25 bits per heavy atom. The summed E-state index contributed by atoms with van der Waals surface area (Å²) < 4.78 is 23.3. The van der Waals surface area contributed by atoms with E-state index in [9.17, 15) is 9.67 Å². The number of hydrogen-bond donors (Lipinski definition) is 2. The SMILES string of the molecule is CCCCCC(=C=CC(O)CO)P(=O)(OCC)OCC. The minimum atomic E-state index is -3.35. The van der Waals surface area contributed by atoms with Crippen molar-refractivity contribution in [2.24, 2.45) is 0 Å². The van der Waals surface area contributed by atoms with Crippen LogP contribution < -0.4 is 0 Å². The molecule has 0 aromatic carbocycles. The first-order valence-corrected chi connectivity index (χ1v) is 8.72. The van der Waals surface area contributed by atoms with E-state index >= 15 is 0 Å². The maximum atomic E-state index is 12.7. The van der Waals surface area contributed by atoms with Gasteiger partial charge >= 0.3 is 7.60 Å². The lowest BCUT2D eigenvalue weighted by atomic mass is 10.2. The quantitative estimate of drug-likeness (QED) is 0.348. The summed E-state index contributed by atoms with van der Waals surface area (Å²) in [5, 5.41) is 18.6. The molecule has 0 fully saturated rings.